The van der Waals surface area contributed by atoms with Crippen molar-refractivity contribution in [2.45, 2.75) is 26.1 Å². The lowest BCUT2D eigenvalue weighted by molar-refractivity contribution is 0.145. The first-order valence-corrected chi connectivity index (χ1v) is 6.96. The number of benzene rings is 1. The van der Waals surface area contributed by atoms with Gasteiger partial charge in [-0.25, -0.2) is 0 Å². The molecule has 4 nitrogen and oxygen atoms in total. The number of rotatable bonds is 4. The minimum atomic E-state index is -0.0398. The fraction of sp³-hybridized carbons (Fsp3) is 0.235. The lowest BCUT2D eigenvalue weighted by atomic mass is 10.2. The highest BCUT2D eigenvalue weighted by Crippen LogP contribution is 2.30. The number of nitriles is 1. The zero-order valence-electron chi connectivity index (χ0n) is 11.9. The van der Waals surface area contributed by atoms with Gasteiger partial charge in [-0.05, 0) is 24.6 Å². The van der Waals surface area contributed by atoms with Crippen LogP contribution in [0.5, 0.6) is 0 Å². The first-order chi connectivity index (χ1) is 10.3. The molecule has 0 spiro atoms. The average molecular weight is 279 g/mol. The second-order valence-corrected chi connectivity index (χ2v) is 5.05. The highest BCUT2D eigenvalue weighted by molar-refractivity contribution is 5.32. The molecule has 0 saturated heterocycles. The molecule has 0 amide bonds. The molecule has 21 heavy (non-hydrogen) atoms. The van der Waals surface area contributed by atoms with Crippen molar-refractivity contribution in [1.29, 1.82) is 5.26 Å². The molecule has 0 radical (unpaired) electrons. The van der Waals surface area contributed by atoms with Gasteiger partial charge < -0.3 is 15.0 Å². The van der Waals surface area contributed by atoms with Gasteiger partial charge in [-0.3, -0.25) is 0 Å². The van der Waals surface area contributed by atoms with Crippen molar-refractivity contribution < 1.29 is 4.74 Å². The summed E-state index contributed by atoms with van der Waals surface area (Å²) in [5, 5.41) is 12.3. The molecule has 0 bridgehead atoms. The summed E-state index contributed by atoms with van der Waals surface area (Å²) in [6.07, 6.45) is 6.26. The molecule has 4 heteroatoms. The Labute approximate surface area is 124 Å². The van der Waals surface area contributed by atoms with Gasteiger partial charge in [0.15, 0.2) is 6.17 Å². The molecule has 0 aromatic heterocycles. The summed E-state index contributed by atoms with van der Waals surface area (Å²) < 4.78 is 5.95. The van der Waals surface area contributed by atoms with Crippen LogP contribution in [-0.2, 0) is 11.3 Å². The summed E-state index contributed by atoms with van der Waals surface area (Å²) in [6.45, 7) is 2.53. The molecule has 2 aliphatic heterocycles. The highest BCUT2D eigenvalue weighted by atomic mass is 16.5. The number of fused-ring (bicyclic) bond motifs is 1. The van der Waals surface area contributed by atoms with Gasteiger partial charge in [-0.1, -0.05) is 30.3 Å². The van der Waals surface area contributed by atoms with Crippen LogP contribution in [0, 0.1) is 11.3 Å². The molecule has 1 aromatic carbocycles. The van der Waals surface area contributed by atoms with Crippen LogP contribution >= 0.6 is 0 Å². The smallest absolute Gasteiger partial charge is 0.162 e. The molecular weight excluding hydrogens is 262 g/mol. The quantitative estimate of drug-likeness (QED) is 0.920. The van der Waals surface area contributed by atoms with Gasteiger partial charge in [0.25, 0.3) is 0 Å². The third-order valence-corrected chi connectivity index (χ3v) is 3.65. The first-order valence-electron chi connectivity index (χ1n) is 6.96. The number of allylic oxidation sites excluding steroid dienone is 4. The van der Waals surface area contributed by atoms with Crippen LogP contribution in [-0.4, -0.2) is 11.1 Å². The van der Waals surface area contributed by atoms with Crippen LogP contribution in [0.25, 0.3) is 0 Å². The van der Waals surface area contributed by atoms with Gasteiger partial charge >= 0.3 is 0 Å². The molecular formula is C17H17N3O. The molecule has 1 atom stereocenters. The Morgan fingerprint density at radius 3 is 2.90 bits per heavy atom. The Balaban J connectivity index is 1.70. The molecule has 1 N–H and O–H groups in total. The van der Waals surface area contributed by atoms with E-state index in [9.17, 15) is 0 Å². The van der Waals surface area contributed by atoms with E-state index in [1.54, 1.807) is 0 Å². The van der Waals surface area contributed by atoms with E-state index in [0.717, 1.165) is 22.7 Å². The van der Waals surface area contributed by atoms with E-state index in [-0.39, 0.29) is 6.17 Å². The van der Waals surface area contributed by atoms with Gasteiger partial charge in [-0.15, -0.1) is 0 Å². The SMILES string of the molecule is CC1=C(CC#N)N2C=CC=C(OCc3ccccc3)C2N1. The van der Waals surface area contributed by atoms with E-state index in [1.807, 2.05) is 55.6 Å². The Bertz CT molecular complexity index is 652. The zero-order chi connectivity index (χ0) is 14.7. The molecule has 0 saturated carbocycles. The second-order valence-electron chi connectivity index (χ2n) is 5.05. The Morgan fingerprint density at radius 1 is 1.33 bits per heavy atom. The van der Waals surface area contributed by atoms with Crippen LogP contribution in [0.4, 0.5) is 0 Å². The number of hydrogen-bond donors (Lipinski definition) is 1. The standard InChI is InChI=1S/C17H17N3O/c1-13-15(9-10-18)20-11-5-8-16(17(20)19-13)21-12-14-6-3-2-4-7-14/h2-8,11,17,19H,9,12H2,1H3. The van der Waals surface area contributed by atoms with Crippen molar-refractivity contribution in [2.24, 2.45) is 0 Å². The molecule has 2 aliphatic rings. The van der Waals surface area contributed by atoms with E-state index in [0.29, 0.717) is 13.0 Å². The highest BCUT2D eigenvalue weighted by Gasteiger charge is 2.32. The fourth-order valence-electron chi connectivity index (χ4n) is 2.58. The first kappa shape index (κ1) is 13.3. The van der Waals surface area contributed by atoms with E-state index < -0.39 is 0 Å². The predicted octanol–water partition coefficient (Wildman–Crippen LogP) is 2.99. The topological polar surface area (TPSA) is 48.3 Å². The molecule has 106 valence electrons. The Morgan fingerprint density at radius 2 is 2.14 bits per heavy atom. The maximum atomic E-state index is 8.94. The number of hydrogen-bond acceptors (Lipinski definition) is 4. The minimum Gasteiger partial charge on any atom is -0.489 e. The number of nitrogens with zero attached hydrogens (tertiary/aromatic N) is 2. The van der Waals surface area contributed by atoms with Crippen LogP contribution < -0.4 is 5.32 Å². The maximum Gasteiger partial charge on any atom is 0.162 e. The second kappa shape index (κ2) is 5.76. The molecule has 2 heterocycles. The van der Waals surface area contributed by atoms with Gasteiger partial charge in [0, 0.05) is 11.9 Å². The van der Waals surface area contributed by atoms with Crippen molar-refractivity contribution in [3.05, 3.63) is 71.4 Å². The average Bonchev–Trinajstić information content (AvgIpc) is 2.83. The normalized spacial score (nSPS) is 19.7. The van der Waals surface area contributed by atoms with E-state index in [4.69, 9.17) is 10.00 Å². The maximum absolute atomic E-state index is 8.94. The summed E-state index contributed by atoms with van der Waals surface area (Å²) in [6, 6.07) is 12.3. The fourth-order valence-corrected chi connectivity index (χ4v) is 2.58. The van der Waals surface area contributed by atoms with Crippen molar-refractivity contribution in [3.8, 4) is 6.07 Å². The van der Waals surface area contributed by atoms with Gasteiger partial charge in [0.2, 0.25) is 0 Å². The molecule has 3 rings (SSSR count). The number of ether oxygens (including phenoxy) is 1. The third-order valence-electron chi connectivity index (χ3n) is 3.65. The summed E-state index contributed by atoms with van der Waals surface area (Å²) in [5.74, 6) is 0.869. The summed E-state index contributed by atoms with van der Waals surface area (Å²) in [4.78, 5) is 2.07. The lowest BCUT2D eigenvalue weighted by Crippen LogP contribution is -2.38. The predicted molar refractivity (Wildman–Crippen MR) is 80.1 cm³/mol. The van der Waals surface area contributed by atoms with Crippen LogP contribution in [0.1, 0.15) is 18.9 Å². The summed E-state index contributed by atoms with van der Waals surface area (Å²) in [5.41, 5.74) is 3.18. The van der Waals surface area contributed by atoms with Crippen molar-refractivity contribution in [1.82, 2.24) is 10.2 Å². The largest absolute Gasteiger partial charge is 0.489 e. The van der Waals surface area contributed by atoms with Crippen molar-refractivity contribution in [3.63, 3.8) is 0 Å². The van der Waals surface area contributed by atoms with E-state index in [1.165, 1.54) is 0 Å². The molecule has 0 aliphatic carbocycles. The van der Waals surface area contributed by atoms with Gasteiger partial charge in [0.05, 0.1) is 18.2 Å². The van der Waals surface area contributed by atoms with Crippen LogP contribution in [0.15, 0.2) is 65.8 Å². The summed E-state index contributed by atoms with van der Waals surface area (Å²) >= 11 is 0. The molecule has 1 aromatic rings. The number of nitrogens with one attached hydrogen (secondary N) is 1. The van der Waals surface area contributed by atoms with Crippen molar-refractivity contribution >= 4 is 0 Å². The molecule has 1 unspecified atom stereocenters. The Kier molecular flexibility index (Phi) is 3.65. The van der Waals surface area contributed by atoms with Gasteiger partial charge in [-0.2, -0.15) is 5.26 Å². The van der Waals surface area contributed by atoms with E-state index >= 15 is 0 Å². The van der Waals surface area contributed by atoms with Crippen molar-refractivity contribution in [2.75, 3.05) is 0 Å². The third kappa shape index (κ3) is 2.63. The molecule has 0 fully saturated rings. The Hall–Kier alpha value is -2.67. The zero-order valence-corrected chi connectivity index (χ0v) is 11.9. The lowest BCUT2D eigenvalue weighted by Gasteiger charge is -2.29. The monoisotopic (exact) mass is 279 g/mol. The summed E-state index contributed by atoms with van der Waals surface area (Å²) in [7, 11) is 0. The van der Waals surface area contributed by atoms with Gasteiger partial charge in [0.1, 0.15) is 12.4 Å². The van der Waals surface area contributed by atoms with Crippen LogP contribution in [0.3, 0.4) is 0 Å². The van der Waals surface area contributed by atoms with Crippen LogP contribution in [0.2, 0.25) is 0 Å². The van der Waals surface area contributed by atoms with E-state index in [2.05, 4.69) is 16.3 Å². The minimum absolute atomic E-state index is 0.0398.